The fourth-order valence-electron chi connectivity index (χ4n) is 1.45. The highest BCUT2D eigenvalue weighted by molar-refractivity contribution is 5.86. The number of carboxylic acids is 1. The third-order valence-corrected chi connectivity index (χ3v) is 2.38. The van der Waals surface area contributed by atoms with Gasteiger partial charge in [0.1, 0.15) is 6.54 Å². The first-order chi connectivity index (χ1) is 9.31. The smallest absolute Gasteiger partial charge is 0.328 e. The van der Waals surface area contributed by atoms with Crippen LogP contribution in [0.5, 0.6) is 0 Å². The molecule has 1 unspecified atom stereocenters. The van der Waals surface area contributed by atoms with Gasteiger partial charge in [-0.15, -0.1) is 0 Å². The first-order valence-corrected chi connectivity index (χ1v) is 6.38. The normalized spacial score (nSPS) is 11.8. The van der Waals surface area contributed by atoms with Crippen LogP contribution in [0, 0.1) is 0 Å². The van der Waals surface area contributed by atoms with Crippen molar-refractivity contribution in [2.24, 2.45) is 0 Å². The molecule has 0 bridgehead atoms. The Hall–Kier alpha value is -1.83. The zero-order valence-electron chi connectivity index (χ0n) is 12.3. The summed E-state index contributed by atoms with van der Waals surface area (Å²) in [4.78, 5) is 35.6. The number of urea groups is 1. The molecular formula is C12H23N3O5. The first kappa shape index (κ1) is 18.2. The Morgan fingerprint density at radius 1 is 1.25 bits per heavy atom. The second-order valence-corrected chi connectivity index (χ2v) is 4.53. The summed E-state index contributed by atoms with van der Waals surface area (Å²) in [5.74, 6) is -1.49. The molecule has 0 aliphatic heterocycles. The van der Waals surface area contributed by atoms with Crippen molar-refractivity contribution in [1.29, 1.82) is 0 Å². The topological polar surface area (TPSA) is 108 Å². The summed E-state index contributed by atoms with van der Waals surface area (Å²) in [7, 11) is 1.34. The molecule has 1 atom stereocenters. The van der Waals surface area contributed by atoms with Crippen molar-refractivity contribution in [3.63, 3.8) is 0 Å². The number of rotatable bonds is 8. The van der Waals surface area contributed by atoms with Crippen LogP contribution in [-0.2, 0) is 14.3 Å². The van der Waals surface area contributed by atoms with Gasteiger partial charge < -0.3 is 25.4 Å². The average Bonchev–Trinajstić information content (AvgIpc) is 2.34. The number of carbonyl (C=O) groups is 3. The SMILES string of the molecule is CCN(CC(=O)NC(C)C)C(=O)NC(COC)C(=O)O. The van der Waals surface area contributed by atoms with Crippen LogP contribution in [0.2, 0.25) is 0 Å². The van der Waals surface area contributed by atoms with Gasteiger partial charge in [-0.1, -0.05) is 0 Å². The van der Waals surface area contributed by atoms with E-state index in [0.29, 0.717) is 0 Å². The highest BCUT2D eigenvalue weighted by Crippen LogP contribution is 1.94. The number of amides is 3. The maximum Gasteiger partial charge on any atom is 0.328 e. The molecule has 116 valence electrons. The number of methoxy groups -OCH3 is 1. The van der Waals surface area contributed by atoms with Crippen molar-refractivity contribution in [1.82, 2.24) is 15.5 Å². The average molecular weight is 289 g/mol. The van der Waals surface area contributed by atoms with Crippen LogP contribution in [0.3, 0.4) is 0 Å². The van der Waals surface area contributed by atoms with Gasteiger partial charge in [0.05, 0.1) is 6.61 Å². The van der Waals surface area contributed by atoms with E-state index in [-0.39, 0.29) is 31.6 Å². The number of hydrogen-bond donors (Lipinski definition) is 3. The lowest BCUT2D eigenvalue weighted by Gasteiger charge is -2.23. The minimum absolute atomic E-state index is 0.0236. The second kappa shape index (κ2) is 9.13. The van der Waals surface area contributed by atoms with Gasteiger partial charge in [-0.25, -0.2) is 9.59 Å². The number of likely N-dealkylation sites (N-methyl/N-ethyl adjacent to an activating group) is 1. The van der Waals surface area contributed by atoms with Crippen LogP contribution in [0.4, 0.5) is 4.79 Å². The van der Waals surface area contributed by atoms with E-state index in [1.54, 1.807) is 6.92 Å². The van der Waals surface area contributed by atoms with E-state index in [1.165, 1.54) is 12.0 Å². The van der Waals surface area contributed by atoms with Crippen LogP contribution in [-0.4, -0.2) is 66.8 Å². The van der Waals surface area contributed by atoms with Crippen molar-refractivity contribution < 1.29 is 24.2 Å². The van der Waals surface area contributed by atoms with Crippen LogP contribution in [0.25, 0.3) is 0 Å². The van der Waals surface area contributed by atoms with Crippen molar-refractivity contribution in [3.05, 3.63) is 0 Å². The Kier molecular flexibility index (Phi) is 8.30. The van der Waals surface area contributed by atoms with E-state index >= 15 is 0 Å². The van der Waals surface area contributed by atoms with Gasteiger partial charge >= 0.3 is 12.0 Å². The highest BCUT2D eigenvalue weighted by Gasteiger charge is 2.23. The summed E-state index contributed by atoms with van der Waals surface area (Å²) in [6.07, 6.45) is 0. The van der Waals surface area contributed by atoms with Crippen LogP contribution in [0.1, 0.15) is 20.8 Å². The second-order valence-electron chi connectivity index (χ2n) is 4.53. The third kappa shape index (κ3) is 6.93. The summed E-state index contributed by atoms with van der Waals surface area (Å²) < 4.78 is 4.72. The largest absolute Gasteiger partial charge is 0.480 e. The molecule has 0 aliphatic carbocycles. The lowest BCUT2D eigenvalue weighted by atomic mass is 10.3. The molecule has 8 heteroatoms. The Labute approximate surface area is 118 Å². The molecule has 0 rings (SSSR count). The molecular weight excluding hydrogens is 266 g/mol. The third-order valence-electron chi connectivity index (χ3n) is 2.38. The van der Waals surface area contributed by atoms with E-state index in [4.69, 9.17) is 9.84 Å². The van der Waals surface area contributed by atoms with E-state index < -0.39 is 18.0 Å². The Morgan fingerprint density at radius 3 is 2.25 bits per heavy atom. The molecule has 0 aromatic heterocycles. The molecule has 20 heavy (non-hydrogen) atoms. The lowest BCUT2D eigenvalue weighted by molar-refractivity contribution is -0.140. The zero-order chi connectivity index (χ0) is 15.7. The molecule has 0 saturated heterocycles. The van der Waals surface area contributed by atoms with Crippen molar-refractivity contribution in [2.45, 2.75) is 32.9 Å². The monoisotopic (exact) mass is 289 g/mol. The molecule has 0 aromatic carbocycles. The Morgan fingerprint density at radius 2 is 1.85 bits per heavy atom. The number of carboxylic acid groups (broad SMARTS) is 1. The Bertz CT molecular complexity index is 346. The quantitative estimate of drug-likeness (QED) is 0.565. The number of aliphatic carboxylic acids is 1. The molecule has 0 spiro atoms. The summed E-state index contributed by atoms with van der Waals surface area (Å²) in [6, 6.07) is -1.78. The molecule has 0 fully saturated rings. The molecule has 0 aromatic rings. The summed E-state index contributed by atoms with van der Waals surface area (Å²) in [5, 5.41) is 13.9. The minimum atomic E-state index is -1.19. The maximum atomic E-state index is 11.9. The molecule has 0 aliphatic rings. The number of nitrogens with one attached hydrogen (secondary N) is 2. The molecule has 3 N–H and O–H groups in total. The van der Waals surface area contributed by atoms with Gasteiger partial charge in [0.2, 0.25) is 5.91 Å². The first-order valence-electron chi connectivity index (χ1n) is 6.38. The summed E-state index contributed by atoms with van der Waals surface area (Å²) >= 11 is 0. The predicted octanol–water partition coefficient (Wildman–Crippen LogP) is -0.358. The lowest BCUT2D eigenvalue weighted by Crippen LogP contribution is -2.52. The number of nitrogens with zero attached hydrogens (tertiary/aromatic N) is 1. The van der Waals surface area contributed by atoms with Crippen molar-refractivity contribution >= 4 is 17.9 Å². The van der Waals surface area contributed by atoms with Crippen LogP contribution in [0.15, 0.2) is 0 Å². The van der Waals surface area contributed by atoms with Crippen molar-refractivity contribution in [2.75, 3.05) is 26.8 Å². The summed E-state index contributed by atoms with van der Waals surface area (Å²) in [6.45, 7) is 5.35. The molecule has 0 heterocycles. The van der Waals surface area contributed by atoms with Crippen LogP contribution < -0.4 is 10.6 Å². The maximum absolute atomic E-state index is 11.9. The van der Waals surface area contributed by atoms with Gasteiger partial charge in [0.15, 0.2) is 6.04 Å². The number of hydrogen-bond acceptors (Lipinski definition) is 4. The fourth-order valence-corrected chi connectivity index (χ4v) is 1.45. The summed E-state index contributed by atoms with van der Waals surface area (Å²) in [5.41, 5.74) is 0. The van der Waals surface area contributed by atoms with Gasteiger partial charge in [0, 0.05) is 19.7 Å². The fraction of sp³-hybridized carbons (Fsp3) is 0.750. The minimum Gasteiger partial charge on any atom is -0.480 e. The van der Waals surface area contributed by atoms with Gasteiger partial charge in [-0.05, 0) is 20.8 Å². The highest BCUT2D eigenvalue weighted by atomic mass is 16.5. The van der Waals surface area contributed by atoms with Crippen LogP contribution >= 0.6 is 0 Å². The standard InChI is InChI=1S/C12H23N3O5/c1-5-15(6-10(16)13-8(2)3)12(19)14-9(7-20-4)11(17)18/h8-9H,5-7H2,1-4H3,(H,13,16)(H,14,19)(H,17,18). The number of carbonyl (C=O) groups excluding carboxylic acids is 2. The van der Waals surface area contributed by atoms with E-state index in [1.807, 2.05) is 13.8 Å². The van der Waals surface area contributed by atoms with E-state index in [9.17, 15) is 14.4 Å². The van der Waals surface area contributed by atoms with E-state index in [2.05, 4.69) is 10.6 Å². The molecule has 8 nitrogen and oxygen atoms in total. The number of ether oxygens (including phenoxy) is 1. The molecule has 0 saturated carbocycles. The Balaban J connectivity index is 4.53. The van der Waals surface area contributed by atoms with E-state index in [0.717, 1.165) is 0 Å². The predicted molar refractivity (Wildman–Crippen MR) is 72.4 cm³/mol. The van der Waals surface area contributed by atoms with Gasteiger partial charge in [-0.2, -0.15) is 0 Å². The van der Waals surface area contributed by atoms with Gasteiger partial charge in [-0.3, -0.25) is 4.79 Å². The molecule has 0 radical (unpaired) electrons. The molecule has 3 amide bonds. The van der Waals surface area contributed by atoms with Gasteiger partial charge in [0.25, 0.3) is 0 Å². The zero-order valence-corrected chi connectivity index (χ0v) is 12.3. The van der Waals surface area contributed by atoms with Crippen molar-refractivity contribution in [3.8, 4) is 0 Å².